The van der Waals surface area contributed by atoms with Crippen LogP contribution in [0.15, 0.2) is 24.5 Å². The number of carbonyl (C=O) groups is 3. The molecule has 0 spiro atoms. The van der Waals surface area contributed by atoms with E-state index in [1.165, 1.54) is 4.90 Å². The summed E-state index contributed by atoms with van der Waals surface area (Å²) in [5.41, 5.74) is 2.73. The first-order chi connectivity index (χ1) is 13.3. The van der Waals surface area contributed by atoms with Gasteiger partial charge >= 0.3 is 5.97 Å². The molecule has 7 nitrogen and oxygen atoms in total. The van der Waals surface area contributed by atoms with Crippen LogP contribution in [0.5, 0.6) is 0 Å². The third-order valence-corrected chi connectivity index (χ3v) is 4.46. The minimum absolute atomic E-state index is 0.0683. The van der Waals surface area contributed by atoms with Crippen molar-refractivity contribution in [3.8, 4) is 0 Å². The molecule has 0 aliphatic rings. The molecule has 0 saturated carbocycles. The highest BCUT2D eigenvalue weighted by Crippen LogP contribution is 2.21. The average Bonchev–Trinajstić information content (AvgIpc) is 2.96. The fourth-order valence-corrected chi connectivity index (χ4v) is 3.11. The molecule has 2 aromatic heterocycles. The Morgan fingerprint density at radius 3 is 2.39 bits per heavy atom. The minimum Gasteiger partial charge on any atom is -0.461 e. The van der Waals surface area contributed by atoms with Gasteiger partial charge in [0.25, 0.3) is 0 Å². The highest BCUT2D eigenvalue weighted by Gasteiger charge is 2.26. The molecule has 2 aromatic rings. The highest BCUT2D eigenvalue weighted by atomic mass is 16.5. The predicted octanol–water partition coefficient (Wildman–Crippen LogP) is 3.07. The molecule has 1 amide bonds. The Bertz CT molecular complexity index is 856. The number of hydrogen-bond acceptors (Lipinski definition) is 5. The number of esters is 1. The van der Waals surface area contributed by atoms with Crippen LogP contribution in [0.25, 0.3) is 0 Å². The van der Waals surface area contributed by atoms with Gasteiger partial charge < -0.3 is 14.6 Å². The van der Waals surface area contributed by atoms with Crippen molar-refractivity contribution in [3.05, 3.63) is 52.6 Å². The van der Waals surface area contributed by atoms with Gasteiger partial charge in [0, 0.05) is 36.1 Å². The van der Waals surface area contributed by atoms with Crippen molar-refractivity contribution in [1.29, 1.82) is 0 Å². The number of Topliss-reactive ketones (excluding diaryl/α,β-unsaturated/α-hetero) is 1. The number of amides is 1. The maximum atomic E-state index is 13.0. The van der Waals surface area contributed by atoms with Crippen molar-refractivity contribution in [2.45, 2.75) is 41.2 Å². The quantitative estimate of drug-likeness (QED) is 0.557. The summed E-state index contributed by atoms with van der Waals surface area (Å²) in [6.45, 7) is 9.28. The lowest BCUT2D eigenvalue weighted by molar-refractivity contribution is -0.134. The number of aromatic amines is 1. The molecule has 150 valence electrons. The molecule has 0 bridgehead atoms. The molecule has 28 heavy (non-hydrogen) atoms. The number of hydrogen-bond donors (Lipinski definition) is 1. The topological polar surface area (TPSA) is 92.4 Å². The van der Waals surface area contributed by atoms with Crippen molar-refractivity contribution >= 4 is 17.7 Å². The van der Waals surface area contributed by atoms with Crippen molar-refractivity contribution < 1.29 is 19.1 Å². The lowest BCUT2D eigenvalue weighted by Crippen LogP contribution is -2.38. The van der Waals surface area contributed by atoms with Crippen molar-refractivity contribution in [2.24, 2.45) is 5.92 Å². The van der Waals surface area contributed by atoms with E-state index in [0.29, 0.717) is 23.4 Å². The summed E-state index contributed by atoms with van der Waals surface area (Å²) in [6.07, 6.45) is 3.31. The molecule has 7 heteroatoms. The Hall–Kier alpha value is -2.96. The second-order valence-electron chi connectivity index (χ2n) is 6.97. The molecule has 0 aliphatic carbocycles. The van der Waals surface area contributed by atoms with Crippen LogP contribution in [0, 0.1) is 19.8 Å². The van der Waals surface area contributed by atoms with Gasteiger partial charge in [-0.1, -0.05) is 13.8 Å². The number of aryl methyl sites for hydroxylation is 1. The number of ketones is 1. The molecular weight excluding hydrogens is 358 g/mol. The number of aromatic nitrogens is 2. The van der Waals surface area contributed by atoms with E-state index in [2.05, 4.69) is 9.97 Å². The molecule has 0 fully saturated rings. The molecule has 2 rings (SSSR count). The Morgan fingerprint density at radius 2 is 1.82 bits per heavy atom. The normalized spacial score (nSPS) is 10.8. The predicted molar refractivity (Wildman–Crippen MR) is 105 cm³/mol. The molecule has 0 radical (unpaired) electrons. The number of carbonyl (C=O) groups excluding carboxylic acids is 3. The number of rotatable bonds is 8. The number of nitrogens with one attached hydrogen (secondary N) is 1. The van der Waals surface area contributed by atoms with E-state index in [1.807, 2.05) is 12.1 Å². The Labute approximate surface area is 165 Å². The molecule has 2 heterocycles. The summed E-state index contributed by atoms with van der Waals surface area (Å²) in [4.78, 5) is 46.2. The Balaban J connectivity index is 2.28. The van der Waals surface area contributed by atoms with Crippen LogP contribution in [0.2, 0.25) is 0 Å². The summed E-state index contributed by atoms with van der Waals surface area (Å²) in [5, 5.41) is 0. The first-order valence-corrected chi connectivity index (χ1v) is 9.33. The second kappa shape index (κ2) is 9.30. The maximum absolute atomic E-state index is 13.0. The van der Waals surface area contributed by atoms with E-state index in [-0.39, 0.29) is 36.5 Å². The lowest BCUT2D eigenvalue weighted by atomic mass is 10.0. The number of ether oxygens (including phenoxy) is 1. The maximum Gasteiger partial charge on any atom is 0.355 e. The van der Waals surface area contributed by atoms with Crippen LogP contribution < -0.4 is 0 Å². The standard InChI is InChI=1S/C21H27N3O4/c1-6-28-21(27)19-14(4)18(15(5)23-19)17(25)12-24(20(26)13(2)3)11-16-7-9-22-10-8-16/h7-10,13,23H,6,11-12H2,1-5H3. The highest BCUT2D eigenvalue weighted by molar-refractivity contribution is 6.04. The molecule has 0 aliphatic heterocycles. The van der Waals surface area contributed by atoms with Gasteiger partial charge in [0.05, 0.1) is 13.2 Å². The number of H-pyrrole nitrogens is 1. The van der Waals surface area contributed by atoms with Crippen molar-refractivity contribution in [2.75, 3.05) is 13.2 Å². The van der Waals surface area contributed by atoms with Gasteiger partial charge in [-0.05, 0) is 44.0 Å². The van der Waals surface area contributed by atoms with Crippen molar-refractivity contribution in [3.63, 3.8) is 0 Å². The molecule has 1 N–H and O–H groups in total. The van der Waals surface area contributed by atoms with Crippen LogP contribution >= 0.6 is 0 Å². The van der Waals surface area contributed by atoms with Gasteiger partial charge in [-0.25, -0.2) is 4.79 Å². The van der Waals surface area contributed by atoms with E-state index in [4.69, 9.17) is 4.74 Å². The Kier molecular flexibility index (Phi) is 7.09. The zero-order valence-corrected chi connectivity index (χ0v) is 17.0. The molecular formula is C21H27N3O4. The third-order valence-electron chi connectivity index (χ3n) is 4.46. The third kappa shape index (κ3) is 4.85. The summed E-state index contributed by atoms with van der Waals surface area (Å²) >= 11 is 0. The van der Waals surface area contributed by atoms with Crippen LogP contribution in [0.1, 0.15) is 58.4 Å². The van der Waals surface area contributed by atoms with E-state index >= 15 is 0 Å². The minimum atomic E-state index is -0.492. The van der Waals surface area contributed by atoms with E-state index in [9.17, 15) is 14.4 Å². The van der Waals surface area contributed by atoms with Crippen LogP contribution in [-0.2, 0) is 16.1 Å². The smallest absolute Gasteiger partial charge is 0.355 e. The average molecular weight is 385 g/mol. The second-order valence-corrected chi connectivity index (χ2v) is 6.97. The van der Waals surface area contributed by atoms with Crippen LogP contribution in [0.4, 0.5) is 0 Å². The fraction of sp³-hybridized carbons (Fsp3) is 0.429. The number of pyridine rings is 1. The zero-order chi connectivity index (χ0) is 20.8. The zero-order valence-electron chi connectivity index (χ0n) is 17.0. The summed E-state index contributed by atoms with van der Waals surface area (Å²) in [6, 6.07) is 3.63. The van der Waals surface area contributed by atoms with Gasteiger partial charge in [0.2, 0.25) is 5.91 Å². The largest absolute Gasteiger partial charge is 0.461 e. The fourth-order valence-electron chi connectivity index (χ4n) is 3.11. The van der Waals surface area contributed by atoms with Gasteiger partial charge in [-0.3, -0.25) is 14.6 Å². The monoisotopic (exact) mass is 385 g/mol. The van der Waals surface area contributed by atoms with Crippen LogP contribution in [0.3, 0.4) is 0 Å². The summed E-state index contributed by atoms with van der Waals surface area (Å²) < 4.78 is 5.03. The molecule has 0 saturated heterocycles. The first kappa shape index (κ1) is 21.3. The molecule has 0 atom stereocenters. The van der Waals surface area contributed by atoms with E-state index < -0.39 is 5.97 Å². The Morgan fingerprint density at radius 1 is 1.18 bits per heavy atom. The summed E-state index contributed by atoms with van der Waals surface area (Å²) in [5.74, 6) is -1.06. The summed E-state index contributed by atoms with van der Waals surface area (Å²) in [7, 11) is 0. The lowest BCUT2D eigenvalue weighted by Gasteiger charge is -2.24. The molecule has 0 unspecified atom stereocenters. The van der Waals surface area contributed by atoms with Gasteiger partial charge in [0.15, 0.2) is 5.78 Å². The van der Waals surface area contributed by atoms with E-state index in [1.54, 1.807) is 47.0 Å². The van der Waals surface area contributed by atoms with Gasteiger partial charge in [0.1, 0.15) is 5.69 Å². The van der Waals surface area contributed by atoms with Gasteiger partial charge in [-0.2, -0.15) is 0 Å². The molecule has 0 aromatic carbocycles. The SMILES string of the molecule is CCOC(=O)c1[nH]c(C)c(C(=O)CN(Cc2ccncc2)C(=O)C(C)C)c1C. The number of nitrogens with zero attached hydrogens (tertiary/aromatic N) is 2. The van der Waals surface area contributed by atoms with Gasteiger partial charge in [-0.15, -0.1) is 0 Å². The van der Waals surface area contributed by atoms with E-state index in [0.717, 1.165) is 5.56 Å². The first-order valence-electron chi connectivity index (χ1n) is 9.33. The van der Waals surface area contributed by atoms with Crippen molar-refractivity contribution in [1.82, 2.24) is 14.9 Å². The van der Waals surface area contributed by atoms with Crippen LogP contribution in [-0.4, -0.2) is 45.7 Å².